The van der Waals surface area contributed by atoms with Gasteiger partial charge in [0.25, 0.3) is 0 Å². The van der Waals surface area contributed by atoms with Gasteiger partial charge in [0.2, 0.25) is 0 Å². The number of hydrogen-bond donors (Lipinski definition) is 0. The monoisotopic (exact) mass is 658 g/mol. The van der Waals surface area contributed by atoms with E-state index in [1.165, 1.54) is 218 Å². The molecule has 0 aromatic heterocycles. The molecule has 2 heteroatoms. The van der Waals surface area contributed by atoms with Gasteiger partial charge in [-0.3, -0.25) is 0 Å². The zero-order valence-electron chi connectivity index (χ0n) is 32.9. The standard InChI is InChI=1S/C45H86N.H2O/c1-5-7-9-11-13-15-17-19-21-23-25-27-29-31-33-38-42-45(44-40-36-35-37-41-44)46(3,4)43-39-34-32-30-28-26-24-22-20-18-16-14-12-10-8-6-2;/h35-37,40-41,45H,5-34,38-39,42-43H2,1-4H3;1H2/q+1;/p-1. The molecule has 0 aliphatic heterocycles. The van der Waals surface area contributed by atoms with Crippen molar-refractivity contribution in [2.24, 2.45) is 0 Å². The van der Waals surface area contributed by atoms with Gasteiger partial charge in [0.15, 0.2) is 0 Å². The van der Waals surface area contributed by atoms with Crippen molar-refractivity contribution >= 4 is 0 Å². The second-order valence-corrected chi connectivity index (χ2v) is 15.8. The quantitative estimate of drug-likeness (QED) is 0.0521. The number of benzene rings is 1. The topological polar surface area (TPSA) is 30.0 Å². The summed E-state index contributed by atoms with van der Waals surface area (Å²) in [7, 11) is 5.02. The first kappa shape index (κ1) is 46.1. The molecule has 278 valence electrons. The molecule has 1 aromatic carbocycles. The highest BCUT2D eigenvalue weighted by Crippen LogP contribution is 2.31. The first-order valence-corrected chi connectivity index (χ1v) is 21.5. The first-order chi connectivity index (χ1) is 22.6. The van der Waals surface area contributed by atoms with Crippen molar-refractivity contribution in [2.75, 3.05) is 20.6 Å². The molecule has 0 amide bonds. The second kappa shape index (κ2) is 35.0. The summed E-state index contributed by atoms with van der Waals surface area (Å²) in [6.45, 7) is 5.94. The Morgan fingerprint density at radius 1 is 0.383 bits per heavy atom. The third kappa shape index (κ3) is 28.7. The Bertz CT molecular complexity index is 716. The summed E-state index contributed by atoms with van der Waals surface area (Å²) in [4.78, 5) is 0. The maximum absolute atomic E-state index is 2.51. The molecule has 1 atom stereocenters. The molecule has 0 aliphatic rings. The molecule has 47 heavy (non-hydrogen) atoms. The van der Waals surface area contributed by atoms with Crippen LogP contribution in [0.4, 0.5) is 0 Å². The van der Waals surface area contributed by atoms with Crippen LogP contribution in [-0.4, -0.2) is 30.6 Å². The van der Waals surface area contributed by atoms with E-state index in [9.17, 15) is 0 Å². The minimum atomic E-state index is 0. The van der Waals surface area contributed by atoms with E-state index in [-0.39, 0.29) is 5.48 Å². The van der Waals surface area contributed by atoms with Crippen LogP contribution in [-0.2, 0) is 0 Å². The van der Waals surface area contributed by atoms with E-state index in [0.717, 1.165) is 4.48 Å². The van der Waals surface area contributed by atoms with Crippen LogP contribution in [0.2, 0.25) is 0 Å². The Morgan fingerprint density at radius 2 is 0.660 bits per heavy atom. The summed E-state index contributed by atoms with van der Waals surface area (Å²) in [6, 6.07) is 12.1. The van der Waals surface area contributed by atoms with Crippen molar-refractivity contribution in [1.29, 1.82) is 0 Å². The fraction of sp³-hybridized carbons (Fsp3) is 0.867. The fourth-order valence-electron chi connectivity index (χ4n) is 7.70. The van der Waals surface area contributed by atoms with Crippen molar-refractivity contribution in [3.05, 3.63) is 35.9 Å². The maximum Gasteiger partial charge on any atom is 0.114 e. The summed E-state index contributed by atoms with van der Waals surface area (Å²) in [5, 5.41) is 0. The fourth-order valence-corrected chi connectivity index (χ4v) is 7.70. The number of quaternary nitrogens is 1. The third-order valence-electron chi connectivity index (χ3n) is 10.9. The Morgan fingerprint density at radius 3 is 0.979 bits per heavy atom. The van der Waals surface area contributed by atoms with Crippen LogP contribution in [0.5, 0.6) is 0 Å². The highest BCUT2D eigenvalue weighted by atomic mass is 16.0. The van der Waals surface area contributed by atoms with Gasteiger partial charge in [-0.25, -0.2) is 0 Å². The van der Waals surface area contributed by atoms with Crippen LogP contribution in [0.25, 0.3) is 0 Å². The van der Waals surface area contributed by atoms with Gasteiger partial charge in [-0.2, -0.15) is 0 Å². The molecule has 1 N–H and O–H groups in total. The Balaban J connectivity index is 0.0000212. The van der Waals surface area contributed by atoms with E-state index in [4.69, 9.17) is 0 Å². The third-order valence-corrected chi connectivity index (χ3v) is 10.9. The van der Waals surface area contributed by atoms with Crippen molar-refractivity contribution in [3.63, 3.8) is 0 Å². The average Bonchev–Trinajstić information content (AvgIpc) is 3.06. The van der Waals surface area contributed by atoms with E-state index in [0.29, 0.717) is 6.04 Å². The van der Waals surface area contributed by atoms with Crippen molar-refractivity contribution < 1.29 is 9.96 Å². The van der Waals surface area contributed by atoms with Crippen LogP contribution in [0, 0.1) is 0 Å². The summed E-state index contributed by atoms with van der Waals surface area (Å²) in [5.74, 6) is 0. The lowest BCUT2D eigenvalue weighted by atomic mass is 9.96. The molecule has 1 rings (SSSR count). The molecule has 0 fully saturated rings. The number of rotatable bonds is 36. The second-order valence-electron chi connectivity index (χ2n) is 15.8. The van der Waals surface area contributed by atoms with Crippen LogP contribution in [0.3, 0.4) is 0 Å². The van der Waals surface area contributed by atoms with Crippen molar-refractivity contribution in [3.8, 4) is 0 Å². The SMILES string of the molecule is CCCCCCCCCCCCCCCCCCC(c1ccccc1)[N+](C)(C)CCCCCCCCCCCCCCCCCC.[OH-]. The van der Waals surface area contributed by atoms with E-state index in [1.807, 2.05) is 0 Å². The maximum atomic E-state index is 2.51. The summed E-state index contributed by atoms with van der Waals surface area (Å²) >= 11 is 0. The molecule has 0 saturated carbocycles. The summed E-state index contributed by atoms with van der Waals surface area (Å²) < 4.78 is 1.15. The summed E-state index contributed by atoms with van der Waals surface area (Å²) in [6.07, 6.45) is 47.7. The van der Waals surface area contributed by atoms with Gasteiger partial charge < -0.3 is 9.96 Å². The molecule has 0 heterocycles. The lowest BCUT2D eigenvalue weighted by Gasteiger charge is -2.39. The zero-order chi connectivity index (χ0) is 33.2. The largest absolute Gasteiger partial charge is 0.870 e. The van der Waals surface area contributed by atoms with E-state index >= 15 is 0 Å². The molecule has 1 unspecified atom stereocenters. The van der Waals surface area contributed by atoms with Crippen LogP contribution >= 0.6 is 0 Å². The predicted molar refractivity (Wildman–Crippen MR) is 212 cm³/mol. The number of unbranched alkanes of at least 4 members (excludes halogenated alkanes) is 30. The van der Waals surface area contributed by atoms with Crippen molar-refractivity contribution in [1.82, 2.24) is 0 Å². The number of nitrogens with zero attached hydrogens (tertiary/aromatic N) is 1. The Hall–Kier alpha value is -0.860. The van der Waals surface area contributed by atoms with Gasteiger partial charge in [-0.15, -0.1) is 0 Å². The minimum absolute atomic E-state index is 0. The molecule has 0 saturated heterocycles. The van der Waals surface area contributed by atoms with Crippen LogP contribution in [0.1, 0.15) is 237 Å². The van der Waals surface area contributed by atoms with E-state index < -0.39 is 0 Å². The minimum Gasteiger partial charge on any atom is -0.870 e. The molecule has 2 nitrogen and oxygen atoms in total. The molecule has 0 spiro atoms. The summed E-state index contributed by atoms with van der Waals surface area (Å²) in [5.41, 5.74) is 1.56. The van der Waals surface area contributed by atoms with Gasteiger partial charge >= 0.3 is 0 Å². The Kier molecular flexibility index (Phi) is 34.3. The predicted octanol–water partition coefficient (Wildman–Crippen LogP) is 15.5. The van der Waals surface area contributed by atoms with Crippen molar-refractivity contribution in [2.45, 2.75) is 232 Å². The normalized spacial score (nSPS) is 12.3. The van der Waals surface area contributed by atoms with Gasteiger partial charge in [-0.05, 0) is 19.3 Å². The van der Waals surface area contributed by atoms with Gasteiger partial charge in [0, 0.05) is 12.0 Å². The Labute approximate surface area is 297 Å². The lowest BCUT2D eigenvalue weighted by Crippen LogP contribution is -2.44. The van der Waals surface area contributed by atoms with E-state index in [2.05, 4.69) is 58.3 Å². The smallest absolute Gasteiger partial charge is 0.114 e. The van der Waals surface area contributed by atoms with Crippen LogP contribution < -0.4 is 0 Å². The molecule has 1 aromatic rings. The van der Waals surface area contributed by atoms with Gasteiger partial charge in [-0.1, -0.05) is 230 Å². The first-order valence-electron chi connectivity index (χ1n) is 21.5. The van der Waals surface area contributed by atoms with Crippen LogP contribution in [0.15, 0.2) is 30.3 Å². The molecule has 0 bridgehead atoms. The number of hydrogen-bond acceptors (Lipinski definition) is 1. The lowest BCUT2D eigenvalue weighted by molar-refractivity contribution is -0.921. The zero-order valence-corrected chi connectivity index (χ0v) is 32.9. The highest BCUT2D eigenvalue weighted by Gasteiger charge is 2.28. The van der Waals surface area contributed by atoms with E-state index in [1.54, 1.807) is 5.56 Å². The van der Waals surface area contributed by atoms with Gasteiger partial charge in [0.05, 0.1) is 20.6 Å². The molecular weight excluding hydrogens is 571 g/mol. The molecule has 0 radical (unpaired) electrons. The average molecular weight is 658 g/mol. The highest BCUT2D eigenvalue weighted by molar-refractivity contribution is 5.17. The molecular formula is C45H87NO. The van der Waals surface area contributed by atoms with Gasteiger partial charge in [0.1, 0.15) is 6.04 Å². The molecule has 0 aliphatic carbocycles.